The smallest absolute Gasteiger partial charge is 0.203 e. The third-order valence-electron chi connectivity index (χ3n) is 2.23. The quantitative estimate of drug-likeness (QED) is 0.642. The van der Waals surface area contributed by atoms with Gasteiger partial charge >= 0.3 is 0 Å². The van der Waals surface area contributed by atoms with Gasteiger partial charge in [-0.05, 0) is 37.3 Å². The van der Waals surface area contributed by atoms with Crippen molar-refractivity contribution < 1.29 is 9.18 Å². The lowest BCUT2D eigenvalue weighted by molar-refractivity contribution is 0.104. The Morgan fingerprint density at radius 2 is 2.06 bits per heavy atom. The molecule has 0 aliphatic carbocycles. The highest BCUT2D eigenvalue weighted by molar-refractivity contribution is 7.14. The molecule has 0 aliphatic heterocycles. The van der Waals surface area contributed by atoms with Crippen LogP contribution in [-0.4, -0.2) is 5.78 Å². The molecule has 0 saturated carbocycles. The molecule has 0 atom stereocenters. The number of hydrogen-bond donors (Lipinski definition) is 1. The van der Waals surface area contributed by atoms with Crippen molar-refractivity contribution in [1.82, 2.24) is 0 Å². The van der Waals surface area contributed by atoms with E-state index in [1.807, 2.05) is 13.0 Å². The molecule has 2 nitrogen and oxygen atoms in total. The van der Waals surface area contributed by atoms with Gasteiger partial charge in [-0.2, -0.15) is 0 Å². The van der Waals surface area contributed by atoms with Crippen LogP contribution in [-0.2, 0) is 0 Å². The number of thiophene rings is 1. The lowest BCUT2D eigenvalue weighted by atomic mass is 10.1. The first-order valence-electron chi connectivity index (χ1n) is 4.74. The van der Waals surface area contributed by atoms with Crippen molar-refractivity contribution in [2.75, 3.05) is 5.73 Å². The number of nitrogens with two attached hydrogens (primary N) is 1. The van der Waals surface area contributed by atoms with Gasteiger partial charge in [0.05, 0.1) is 10.6 Å². The normalized spacial score (nSPS) is 10.4. The maximum atomic E-state index is 13.2. The van der Waals surface area contributed by atoms with Gasteiger partial charge in [0.15, 0.2) is 0 Å². The van der Waals surface area contributed by atoms with Gasteiger partial charge in [0.25, 0.3) is 0 Å². The first-order chi connectivity index (χ1) is 7.58. The van der Waals surface area contributed by atoms with Crippen LogP contribution in [0.5, 0.6) is 0 Å². The van der Waals surface area contributed by atoms with E-state index >= 15 is 0 Å². The van der Waals surface area contributed by atoms with Gasteiger partial charge in [0, 0.05) is 10.4 Å². The number of aryl methyl sites for hydroxylation is 1. The van der Waals surface area contributed by atoms with Crippen molar-refractivity contribution >= 4 is 22.8 Å². The van der Waals surface area contributed by atoms with Crippen molar-refractivity contribution in [1.29, 1.82) is 0 Å². The molecule has 0 saturated heterocycles. The number of halogens is 1. The number of nitrogen functional groups attached to an aromatic ring is 1. The minimum atomic E-state index is -0.556. The number of ketones is 1. The van der Waals surface area contributed by atoms with Crippen LogP contribution < -0.4 is 5.73 Å². The molecule has 16 heavy (non-hydrogen) atoms. The average Bonchev–Trinajstić information content (AvgIpc) is 2.68. The predicted octanol–water partition coefficient (Wildman–Crippen LogP) is 3.01. The van der Waals surface area contributed by atoms with Crippen LogP contribution in [0.3, 0.4) is 0 Å². The largest absolute Gasteiger partial charge is 0.396 e. The highest BCUT2D eigenvalue weighted by Gasteiger charge is 2.12. The van der Waals surface area contributed by atoms with E-state index in [1.54, 1.807) is 6.07 Å². The summed E-state index contributed by atoms with van der Waals surface area (Å²) in [6.45, 7) is 1.92. The van der Waals surface area contributed by atoms with E-state index < -0.39 is 5.82 Å². The van der Waals surface area contributed by atoms with Crippen LogP contribution in [0.4, 0.5) is 10.1 Å². The summed E-state index contributed by atoms with van der Waals surface area (Å²) < 4.78 is 13.2. The Balaban J connectivity index is 2.38. The standard InChI is InChI=1S/C12H10FNOS/c1-7-2-5-11(16-7)12(15)8-3-4-10(14)9(13)6-8/h2-6H,14H2,1H3. The fraction of sp³-hybridized carbons (Fsp3) is 0.0833. The molecule has 2 N–H and O–H groups in total. The van der Waals surface area contributed by atoms with Crippen molar-refractivity contribution in [2.45, 2.75) is 6.92 Å². The lowest BCUT2D eigenvalue weighted by Gasteiger charge is -2.00. The Kier molecular flexibility index (Phi) is 2.75. The molecule has 2 rings (SSSR count). The monoisotopic (exact) mass is 235 g/mol. The van der Waals surface area contributed by atoms with Gasteiger partial charge in [-0.15, -0.1) is 11.3 Å². The van der Waals surface area contributed by atoms with Crippen molar-refractivity contribution in [3.8, 4) is 0 Å². The fourth-order valence-electron chi connectivity index (χ4n) is 1.37. The number of hydrogen-bond acceptors (Lipinski definition) is 3. The molecule has 0 unspecified atom stereocenters. The van der Waals surface area contributed by atoms with Gasteiger partial charge in [-0.1, -0.05) is 0 Å². The van der Waals surface area contributed by atoms with Crippen molar-refractivity contribution in [3.05, 3.63) is 51.5 Å². The summed E-state index contributed by atoms with van der Waals surface area (Å²) in [6.07, 6.45) is 0. The zero-order valence-electron chi connectivity index (χ0n) is 8.66. The van der Waals surface area contributed by atoms with E-state index in [9.17, 15) is 9.18 Å². The number of anilines is 1. The van der Waals surface area contributed by atoms with E-state index in [4.69, 9.17) is 5.73 Å². The minimum absolute atomic E-state index is 0.0545. The third kappa shape index (κ3) is 1.97. The number of carbonyl (C=O) groups excluding carboxylic acids is 1. The summed E-state index contributed by atoms with van der Waals surface area (Å²) in [6, 6.07) is 7.73. The molecule has 82 valence electrons. The van der Waals surface area contributed by atoms with Crippen LogP contribution in [0.1, 0.15) is 20.1 Å². The third-order valence-corrected chi connectivity index (χ3v) is 3.23. The van der Waals surface area contributed by atoms with E-state index in [1.165, 1.54) is 29.5 Å². The molecule has 0 bridgehead atoms. The molecule has 0 aliphatic rings. The molecule has 1 heterocycles. The predicted molar refractivity (Wildman–Crippen MR) is 63.3 cm³/mol. The SMILES string of the molecule is Cc1ccc(C(=O)c2ccc(N)c(F)c2)s1. The molecular weight excluding hydrogens is 225 g/mol. The maximum Gasteiger partial charge on any atom is 0.203 e. The van der Waals surface area contributed by atoms with Gasteiger partial charge in [0.2, 0.25) is 5.78 Å². The average molecular weight is 235 g/mol. The Morgan fingerprint density at radius 3 is 2.62 bits per heavy atom. The summed E-state index contributed by atoms with van der Waals surface area (Å²) in [5.41, 5.74) is 5.73. The van der Waals surface area contributed by atoms with Crippen LogP contribution in [0.2, 0.25) is 0 Å². The Morgan fingerprint density at radius 1 is 1.31 bits per heavy atom. The molecular formula is C12H10FNOS. The molecule has 0 amide bonds. The summed E-state index contributed by atoms with van der Waals surface area (Å²) in [5, 5.41) is 0. The highest BCUT2D eigenvalue weighted by Crippen LogP contribution is 2.21. The lowest BCUT2D eigenvalue weighted by Crippen LogP contribution is -2.00. The van der Waals surface area contributed by atoms with Gasteiger partial charge in [0.1, 0.15) is 5.82 Å². The molecule has 0 fully saturated rings. The number of benzene rings is 1. The second-order valence-corrected chi connectivity index (χ2v) is 4.76. The minimum Gasteiger partial charge on any atom is -0.396 e. The summed E-state index contributed by atoms with van der Waals surface area (Å²) in [4.78, 5) is 13.6. The highest BCUT2D eigenvalue weighted by atomic mass is 32.1. The molecule has 0 radical (unpaired) electrons. The Hall–Kier alpha value is -1.68. The van der Waals surface area contributed by atoms with E-state index in [0.29, 0.717) is 10.4 Å². The van der Waals surface area contributed by atoms with Gasteiger partial charge < -0.3 is 5.73 Å². The first-order valence-corrected chi connectivity index (χ1v) is 5.56. The van der Waals surface area contributed by atoms with Crippen LogP contribution >= 0.6 is 11.3 Å². The summed E-state index contributed by atoms with van der Waals surface area (Å²) in [5.74, 6) is -0.726. The van der Waals surface area contributed by atoms with Crippen molar-refractivity contribution in [2.24, 2.45) is 0 Å². The van der Waals surface area contributed by atoms with Crippen LogP contribution in [0, 0.1) is 12.7 Å². The van der Waals surface area contributed by atoms with Gasteiger partial charge in [-0.25, -0.2) is 4.39 Å². The van der Waals surface area contributed by atoms with E-state index in [0.717, 1.165) is 4.88 Å². The number of rotatable bonds is 2. The molecule has 0 spiro atoms. The summed E-state index contributed by atoms with van der Waals surface area (Å²) in [7, 11) is 0. The molecule has 2 aromatic rings. The number of carbonyl (C=O) groups is 1. The van der Waals surface area contributed by atoms with Crippen LogP contribution in [0.15, 0.2) is 30.3 Å². The molecule has 1 aromatic heterocycles. The topological polar surface area (TPSA) is 43.1 Å². The molecule has 1 aromatic carbocycles. The zero-order chi connectivity index (χ0) is 11.7. The second-order valence-electron chi connectivity index (χ2n) is 3.48. The second kappa shape index (κ2) is 4.06. The first kappa shape index (κ1) is 10.8. The fourth-order valence-corrected chi connectivity index (χ4v) is 2.20. The molecule has 4 heteroatoms. The van der Waals surface area contributed by atoms with E-state index in [2.05, 4.69) is 0 Å². The Labute approximate surface area is 96.5 Å². The van der Waals surface area contributed by atoms with Crippen LogP contribution in [0.25, 0.3) is 0 Å². The maximum absolute atomic E-state index is 13.2. The zero-order valence-corrected chi connectivity index (χ0v) is 9.48. The van der Waals surface area contributed by atoms with E-state index in [-0.39, 0.29) is 11.5 Å². The van der Waals surface area contributed by atoms with Gasteiger partial charge in [-0.3, -0.25) is 4.79 Å². The summed E-state index contributed by atoms with van der Waals surface area (Å²) >= 11 is 1.40. The van der Waals surface area contributed by atoms with Crippen molar-refractivity contribution in [3.63, 3.8) is 0 Å². The Bertz CT molecular complexity index is 548.